The topological polar surface area (TPSA) is 26.5 Å². The van der Waals surface area contributed by atoms with E-state index in [1.165, 1.54) is 5.06 Å². The van der Waals surface area contributed by atoms with Crippen molar-refractivity contribution in [1.29, 1.82) is 0 Å². The largest absolute Gasteiger partial charge is 0.315 e. The first-order valence-corrected chi connectivity index (χ1v) is 5.31. The summed E-state index contributed by atoms with van der Waals surface area (Å²) in [6, 6.07) is 9.82. The van der Waals surface area contributed by atoms with Gasteiger partial charge in [0, 0.05) is 0 Å². The molecule has 0 saturated heterocycles. The van der Waals surface area contributed by atoms with Gasteiger partial charge >= 0.3 is 5.84 Å². The van der Waals surface area contributed by atoms with Crippen LogP contribution in [0, 0.1) is 0 Å². The summed E-state index contributed by atoms with van der Waals surface area (Å²) >= 11 is 0. The smallest absolute Gasteiger partial charge is 0.227 e. The molecule has 0 aromatic heterocycles. The third-order valence-electron chi connectivity index (χ3n) is 3.19. The maximum Gasteiger partial charge on any atom is 0.315 e. The van der Waals surface area contributed by atoms with Crippen molar-refractivity contribution in [2.45, 2.75) is 19.4 Å². The van der Waals surface area contributed by atoms with E-state index in [4.69, 9.17) is 0 Å². The van der Waals surface area contributed by atoms with Crippen LogP contribution in [0.1, 0.15) is 19.4 Å². The lowest BCUT2D eigenvalue weighted by Gasteiger charge is -2.19. The minimum absolute atomic E-state index is 0.458. The van der Waals surface area contributed by atoms with E-state index in [1.807, 2.05) is 55.8 Å². The van der Waals surface area contributed by atoms with Gasteiger partial charge in [0.05, 0.1) is 12.6 Å². The van der Waals surface area contributed by atoms with E-state index in [-0.39, 0.29) is 0 Å². The number of amidine groups is 1. The van der Waals surface area contributed by atoms with Gasteiger partial charge in [0.1, 0.15) is 5.70 Å². The average Bonchev–Trinajstić information content (AvgIpc) is 2.42. The molecule has 1 aromatic carbocycles. The first-order valence-electron chi connectivity index (χ1n) is 5.31. The van der Waals surface area contributed by atoms with Crippen LogP contribution in [0.25, 0.3) is 0 Å². The molecule has 0 bridgehead atoms. The van der Waals surface area contributed by atoms with Crippen LogP contribution >= 0.6 is 0 Å². The number of hydrogen-bond donors (Lipinski definition) is 1. The molecule has 0 atom stereocenters. The maximum atomic E-state index is 10.2. The molecule has 0 unspecified atom stereocenters. The van der Waals surface area contributed by atoms with Crippen LogP contribution in [-0.2, 0) is 0 Å². The third-order valence-corrected chi connectivity index (χ3v) is 3.19. The highest BCUT2D eigenvalue weighted by Crippen LogP contribution is 2.29. The number of hydroxylamine groups is 2. The third kappa shape index (κ3) is 1.36. The molecule has 3 nitrogen and oxygen atoms in total. The van der Waals surface area contributed by atoms with Crippen molar-refractivity contribution >= 4 is 5.84 Å². The van der Waals surface area contributed by atoms with E-state index >= 15 is 0 Å². The molecule has 1 N–H and O–H groups in total. The lowest BCUT2D eigenvalue weighted by Crippen LogP contribution is -2.41. The normalized spacial score (nSPS) is 19.5. The Balaban J connectivity index is 2.55. The standard InChI is InChI=1S/C13H17N2O/c1-10-13(2,3)15(16)12(14(10)4)11-8-6-5-7-9-11/h5-9,16H,1H2,2-4H3/q+1. The summed E-state index contributed by atoms with van der Waals surface area (Å²) in [6.07, 6.45) is 0. The fraction of sp³-hybridized carbons (Fsp3) is 0.308. The quantitative estimate of drug-likeness (QED) is 0.729. The van der Waals surface area contributed by atoms with Crippen molar-refractivity contribution in [1.82, 2.24) is 5.06 Å². The zero-order valence-corrected chi connectivity index (χ0v) is 9.94. The molecule has 1 aromatic rings. The van der Waals surface area contributed by atoms with Gasteiger partial charge < -0.3 is 0 Å². The molecule has 0 saturated carbocycles. The van der Waals surface area contributed by atoms with Gasteiger partial charge in [-0.2, -0.15) is 0 Å². The van der Waals surface area contributed by atoms with Crippen LogP contribution in [-0.4, -0.2) is 33.3 Å². The summed E-state index contributed by atoms with van der Waals surface area (Å²) in [5.41, 5.74) is 1.41. The van der Waals surface area contributed by atoms with Crippen LogP contribution in [0.4, 0.5) is 0 Å². The first kappa shape index (κ1) is 10.9. The zero-order valence-electron chi connectivity index (χ0n) is 9.94. The summed E-state index contributed by atoms with van der Waals surface area (Å²) in [4.78, 5) is 0. The fourth-order valence-electron chi connectivity index (χ4n) is 1.97. The second-order valence-electron chi connectivity index (χ2n) is 4.57. The summed E-state index contributed by atoms with van der Waals surface area (Å²) in [7, 11) is 1.92. The highest BCUT2D eigenvalue weighted by Gasteiger charge is 2.49. The number of likely N-dealkylation sites (N-methyl/N-ethyl adjacent to an activating group) is 1. The van der Waals surface area contributed by atoms with Crippen LogP contribution in [0.3, 0.4) is 0 Å². The molecule has 0 fully saturated rings. The predicted molar refractivity (Wildman–Crippen MR) is 63.6 cm³/mol. The molecule has 2 rings (SSSR count). The van der Waals surface area contributed by atoms with Crippen molar-refractivity contribution in [2.24, 2.45) is 0 Å². The first-order chi connectivity index (χ1) is 7.46. The molecular formula is C13H17N2O+. The van der Waals surface area contributed by atoms with Gasteiger partial charge in [0.25, 0.3) is 0 Å². The lowest BCUT2D eigenvalue weighted by molar-refractivity contribution is -0.441. The van der Waals surface area contributed by atoms with E-state index in [1.54, 1.807) is 0 Å². The van der Waals surface area contributed by atoms with Gasteiger partial charge in [0.2, 0.25) is 0 Å². The number of nitrogens with zero attached hydrogens (tertiary/aromatic N) is 2. The lowest BCUT2D eigenvalue weighted by atomic mass is 10.0. The molecule has 1 heterocycles. The second-order valence-corrected chi connectivity index (χ2v) is 4.57. The van der Waals surface area contributed by atoms with Gasteiger partial charge in [-0.1, -0.05) is 24.8 Å². The molecule has 0 radical (unpaired) electrons. The van der Waals surface area contributed by atoms with Crippen LogP contribution in [0.15, 0.2) is 42.6 Å². The number of benzene rings is 1. The van der Waals surface area contributed by atoms with Crippen molar-refractivity contribution in [3.63, 3.8) is 0 Å². The molecular weight excluding hydrogens is 200 g/mol. The van der Waals surface area contributed by atoms with E-state index in [0.29, 0.717) is 0 Å². The van der Waals surface area contributed by atoms with E-state index in [9.17, 15) is 5.21 Å². The minimum atomic E-state index is -0.458. The van der Waals surface area contributed by atoms with Gasteiger partial charge in [-0.05, 0) is 26.0 Å². The van der Waals surface area contributed by atoms with E-state index in [2.05, 4.69) is 6.58 Å². The average molecular weight is 217 g/mol. The Labute approximate surface area is 95.9 Å². The van der Waals surface area contributed by atoms with Gasteiger partial charge in [-0.25, -0.2) is 9.78 Å². The van der Waals surface area contributed by atoms with Crippen LogP contribution in [0.2, 0.25) is 0 Å². The molecule has 0 aliphatic carbocycles. The minimum Gasteiger partial charge on any atom is -0.227 e. The highest BCUT2D eigenvalue weighted by atomic mass is 16.5. The van der Waals surface area contributed by atoms with Gasteiger partial charge in [0.15, 0.2) is 5.54 Å². The summed E-state index contributed by atoms with van der Waals surface area (Å²) in [5, 5.41) is 11.5. The molecule has 84 valence electrons. The monoisotopic (exact) mass is 217 g/mol. The predicted octanol–water partition coefficient (Wildman–Crippen LogP) is 2.07. The van der Waals surface area contributed by atoms with Gasteiger partial charge in [-0.3, -0.25) is 0 Å². The fourth-order valence-corrected chi connectivity index (χ4v) is 1.97. The van der Waals surface area contributed by atoms with Crippen molar-refractivity contribution in [3.05, 3.63) is 48.2 Å². The van der Waals surface area contributed by atoms with Crippen molar-refractivity contribution < 1.29 is 9.78 Å². The summed E-state index contributed by atoms with van der Waals surface area (Å²) in [6.45, 7) is 7.91. The van der Waals surface area contributed by atoms with Crippen LogP contribution in [0.5, 0.6) is 0 Å². The Kier molecular flexibility index (Phi) is 2.35. The Hall–Kier alpha value is -1.61. The SMILES string of the molecule is C=C1[N+](C)=C(c2ccccc2)N(O)C1(C)C. The molecule has 0 amide bonds. The van der Waals surface area contributed by atoms with Crippen molar-refractivity contribution in [2.75, 3.05) is 7.05 Å². The highest BCUT2D eigenvalue weighted by molar-refractivity contribution is 5.96. The maximum absolute atomic E-state index is 10.2. The van der Waals surface area contributed by atoms with Crippen molar-refractivity contribution in [3.8, 4) is 0 Å². The Morgan fingerprint density at radius 1 is 1.25 bits per heavy atom. The molecule has 1 aliphatic heterocycles. The second kappa shape index (κ2) is 3.46. The Morgan fingerprint density at radius 3 is 2.25 bits per heavy atom. The Bertz CT molecular complexity index is 460. The number of rotatable bonds is 1. The van der Waals surface area contributed by atoms with E-state index < -0.39 is 5.54 Å². The van der Waals surface area contributed by atoms with Crippen LogP contribution < -0.4 is 0 Å². The molecule has 0 spiro atoms. The zero-order chi connectivity index (χ0) is 11.9. The Morgan fingerprint density at radius 2 is 1.81 bits per heavy atom. The van der Waals surface area contributed by atoms with E-state index in [0.717, 1.165) is 17.1 Å². The summed E-state index contributed by atoms with van der Waals surface area (Å²) < 4.78 is 1.93. The van der Waals surface area contributed by atoms with Gasteiger partial charge in [-0.15, -0.1) is 5.06 Å². The summed E-state index contributed by atoms with van der Waals surface area (Å²) in [5.74, 6) is 0.774. The molecule has 16 heavy (non-hydrogen) atoms. The number of hydrogen-bond acceptors (Lipinski definition) is 2. The molecule has 1 aliphatic rings. The molecule has 3 heteroatoms.